The van der Waals surface area contributed by atoms with Crippen molar-refractivity contribution in [2.24, 2.45) is 11.7 Å². The van der Waals surface area contributed by atoms with Crippen molar-refractivity contribution < 1.29 is 24.3 Å². The molecule has 1 unspecified atom stereocenters. The zero-order valence-corrected chi connectivity index (χ0v) is 40.8. The van der Waals surface area contributed by atoms with E-state index in [4.69, 9.17) is 14.6 Å². The standard InChI is InChI=1S/C29H30N6O2S.C12H12N2OS.C5H9NO2.CH5N.CH4S/c1-17(2)14-20-15-25(34-37-20)23-8-11-30-29(31-23)35-12-9-19(10-13-35)27-18(3)22-16-24(32-33-28(22)38-27)21-6-4-5-7-26(21)36;1-9-12(16-8-14-9)11-4-2-10(3-5-11)6-13-7-15;7-4-6-2-1-5(8)3-6;2*1-2/h4-8,11,15-17,19,36H,9-10,12-14H2,1-3H3;2-5,7-8H,6H2,1H3,(H,13,15);4-5,8H,1-3H2;2H2,1H3;2H,1H3. The quantitative estimate of drug-likeness (QED) is 0.0614. The Labute approximate surface area is 399 Å². The average Bonchev–Trinajstić information content (AvgIpc) is 4.18. The van der Waals surface area contributed by atoms with E-state index in [0.29, 0.717) is 49.1 Å². The lowest BCUT2D eigenvalue weighted by molar-refractivity contribution is -0.117. The first-order valence-corrected chi connectivity index (χ1v) is 24.3. The number of thiol groups is 1. The number of nitrogens with zero attached hydrogens (tertiary/aromatic N) is 8. The molecule has 350 valence electrons. The van der Waals surface area contributed by atoms with Crippen molar-refractivity contribution in [2.45, 2.75) is 71.9 Å². The predicted molar refractivity (Wildman–Crippen MR) is 268 cm³/mol. The summed E-state index contributed by atoms with van der Waals surface area (Å²) in [5.74, 6) is 2.80. The summed E-state index contributed by atoms with van der Waals surface area (Å²) < 4.78 is 5.51. The van der Waals surface area contributed by atoms with Crippen LogP contribution in [0.5, 0.6) is 5.75 Å². The summed E-state index contributed by atoms with van der Waals surface area (Å²) in [6.07, 6.45) is 8.33. The molecule has 2 aliphatic heterocycles. The molecule has 1 atom stereocenters. The van der Waals surface area contributed by atoms with E-state index >= 15 is 0 Å². The van der Waals surface area contributed by atoms with Crippen LogP contribution in [-0.2, 0) is 22.6 Å². The molecule has 5 aromatic heterocycles. The van der Waals surface area contributed by atoms with E-state index in [1.165, 1.54) is 27.9 Å². The SMILES string of the molecule is CN.CS.Cc1c(C2CCN(c3nccc(-c4cc(CC(C)C)on4)n3)CC2)sc2nnc(-c3ccccc3O)cc12.Cc1ncsc1-c1ccc(CNC=O)cc1.O=CN1CCC(O)C1. The monoisotopic (exact) mass is 952 g/mol. The Morgan fingerprint density at radius 3 is 2.30 bits per heavy atom. The van der Waals surface area contributed by atoms with Crippen LogP contribution in [0.4, 0.5) is 5.95 Å². The fraction of sp³-hybridized carbons (Fsp3) is 0.375. The highest BCUT2D eigenvalue weighted by Gasteiger charge is 2.27. The van der Waals surface area contributed by atoms with E-state index < -0.39 is 0 Å². The number of likely N-dealkylation sites (tertiary alicyclic amines) is 1. The van der Waals surface area contributed by atoms with Crippen LogP contribution in [0.2, 0.25) is 0 Å². The van der Waals surface area contributed by atoms with Gasteiger partial charge in [0.05, 0.1) is 33.6 Å². The number of benzene rings is 2. The second kappa shape index (κ2) is 25.8. The Hall–Kier alpha value is -5.79. The van der Waals surface area contributed by atoms with Crippen molar-refractivity contribution in [2.75, 3.05) is 44.4 Å². The van der Waals surface area contributed by atoms with Crippen molar-refractivity contribution in [3.05, 3.63) is 106 Å². The number of hydrogen-bond donors (Lipinski definition) is 5. The van der Waals surface area contributed by atoms with E-state index in [9.17, 15) is 14.7 Å². The first-order chi connectivity index (χ1) is 32.1. The summed E-state index contributed by atoms with van der Waals surface area (Å²) in [5, 5.41) is 36.0. The highest BCUT2D eigenvalue weighted by Crippen LogP contribution is 2.41. The molecular weight excluding hydrogens is 893 g/mol. The van der Waals surface area contributed by atoms with E-state index in [2.05, 4.69) is 92.9 Å². The molecule has 2 aliphatic rings. The molecular formula is C48H60N10O5S3. The van der Waals surface area contributed by atoms with Gasteiger partial charge >= 0.3 is 0 Å². The molecule has 9 rings (SSSR count). The predicted octanol–water partition coefficient (Wildman–Crippen LogP) is 8.09. The molecule has 0 spiro atoms. The number of aliphatic hydroxyl groups excluding tert-OH is 1. The van der Waals surface area contributed by atoms with Crippen LogP contribution < -0.4 is 16.0 Å². The van der Waals surface area contributed by atoms with Crippen molar-refractivity contribution in [1.82, 2.24) is 40.5 Å². The van der Waals surface area contributed by atoms with Gasteiger partial charge in [0.15, 0.2) is 0 Å². The molecule has 2 fully saturated rings. The number of phenolic OH excluding ortho intramolecular Hbond substituents is 1. The van der Waals surface area contributed by atoms with Gasteiger partial charge in [-0.25, -0.2) is 15.0 Å². The molecule has 2 amide bonds. The average molecular weight is 953 g/mol. The van der Waals surface area contributed by atoms with Gasteiger partial charge in [-0.3, -0.25) is 9.59 Å². The van der Waals surface area contributed by atoms with Gasteiger partial charge < -0.3 is 35.6 Å². The number of nitrogens with two attached hydrogens (primary N) is 1. The van der Waals surface area contributed by atoms with E-state index in [1.54, 1.807) is 46.1 Å². The number of piperidine rings is 1. The van der Waals surface area contributed by atoms with E-state index in [-0.39, 0.29) is 11.9 Å². The minimum atomic E-state index is -0.278. The normalized spacial score (nSPS) is 14.5. The highest BCUT2D eigenvalue weighted by atomic mass is 32.1. The number of carbonyl (C=O) groups excluding carboxylic acids is 2. The Morgan fingerprint density at radius 2 is 1.68 bits per heavy atom. The Balaban J connectivity index is 0.000000239. The van der Waals surface area contributed by atoms with Gasteiger partial charge in [0, 0.05) is 67.2 Å². The van der Waals surface area contributed by atoms with E-state index in [1.807, 2.05) is 54.9 Å². The third kappa shape index (κ3) is 13.6. The van der Waals surface area contributed by atoms with Crippen LogP contribution in [0.15, 0.2) is 83.0 Å². The van der Waals surface area contributed by atoms with Gasteiger partial charge in [-0.05, 0) is 99.2 Å². The molecule has 2 saturated heterocycles. The van der Waals surface area contributed by atoms with Gasteiger partial charge in [-0.2, -0.15) is 12.6 Å². The maximum atomic E-state index is 10.3. The lowest BCUT2D eigenvalue weighted by Gasteiger charge is -2.32. The number of aromatic hydroxyl groups is 1. The fourth-order valence-corrected chi connectivity index (χ4v) is 9.63. The number of phenols is 1. The number of para-hydroxylation sites is 1. The highest BCUT2D eigenvalue weighted by molar-refractivity contribution is 7.79. The molecule has 2 aromatic carbocycles. The van der Waals surface area contributed by atoms with E-state index in [0.717, 1.165) is 89.8 Å². The molecule has 18 heteroatoms. The van der Waals surface area contributed by atoms with Crippen molar-refractivity contribution in [3.63, 3.8) is 0 Å². The number of aromatic nitrogens is 6. The molecule has 7 aromatic rings. The zero-order valence-electron chi connectivity index (χ0n) is 38.3. The third-order valence-electron chi connectivity index (χ3n) is 10.8. The molecule has 66 heavy (non-hydrogen) atoms. The summed E-state index contributed by atoms with van der Waals surface area (Å²) in [6, 6.07) is 21.3. The molecule has 0 saturated carbocycles. The van der Waals surface area contributed by atoms with Crippen LogP contribution in [0.25, 0.3) is 43.3 Å². The van der Waals surface area contributed by atoms with Crippen LogP contribution in [0.3, 0.4) is 0 Å². The number of thiophene rings is 1. The van der Waals surface area contributed by atoms with Crippen LogP contribution in [0.1, 0.15) is 66.5 Å². The zero-order chi connectivity index (χ0) is 47.6. The summed E-state index contributed by atoms with van der Waals surface area (Å²) in [4.78, 5) is 41.1. The number of nitrogens with one attached hydrogen (secondary N) is 1. The summed E-state index contributed by atoms with van der Waals surface area (Å²) in [5.41, 5.74) is 13.9. The fourth-order valence-electron chi connectivity index (χ4n) is 7.54. The number of fused-ring (bicyclic) bond motifs is 1. The summed E-state index contributed by atoms with van der Waals surface area (Å²) in [6.45, 7) is 12.1. The number of thiazole rings is 1. The van der Waals surface area contributed by atoms with Crippen molar-refractivity contribution in [3.8, 4) is 38.8 Å². The molecule has 15 nitrogen and oxygen atoms in total. The number of amides is 2. The number of β-amino-alcohol motifs (C(OH)–C–C–N with tert-alkyl or cyclic N) is 1. The molecule has 7 heterocycles. The number of aliphatic hydroxyl groups is 1. The Kier molecular flexibility index (Phi) is 20.0. The maximum Gasteiger partial charge on any atom is 0.225 e. The number of hydrogen-bond acceptors (Lipinski definition) is 16. The largest absolute Gasteiger partial charge is 0.507 e. The summed E-state index contributed by atoms with van der Waals surface area (Å²) in [7, 11) is 1.50. The van der Waals surface area contributed by atoms with Crippen LogP contribution in [-0.4, -0.2) is 104 Å². The molecule has 5 N–H and O–H groups in total. The van der Waals surface area contributed by atoms with Crippen molar-refractivity contribution >= 4 is 64.3 Å². The van der Waals surface area contributed by atoms with Gasteiger partial charge in [0.2, 0.25) is 18.8 Å². The molecule has 0 bridgehead atoms. The minimum absolute atomic E-state index is 0.215. The Morgan fingerprint density at radius 1 is 0.939 bits per heavy atom. The lowest BCUT2D eigenvalue weighted by Crippen LogP contribution is -2.34. The first kappa shape index (κ1) is 51.2. The van der Waals surface area contributed by atoms with Gasteiger partial charge in [-0.1, -0.05) is 55.4 Å². The maximum absolute atomic E-state index is 10.3. The van der Waals surface area contributed by atoms with Crippen molar-refractivity contribution in [1.29, 1.82) is 0 Å². The van der Waals surface area contributed by atoms with Crippen LogP contribution >= 0.6 is 35.3 Å². The Bertz CT molecular complexity index is 2570. The second-order valence-corrected chi connectivity index (χ2v) is 17.7. The molecule has 0 radical (unpaired) electrons. The van der Waals surface area contributed by atoms with Gasteiger partial charge in [-0.15, -0.1) is 32.9 Å². The van der Waals surface area contributed by atoms with Gasteiger partial charge in [0.25, 0.3) is 0 Å². The number of aryl methyl sites for hydroxylation is 2. The number of rotatable bonds is 11. The smallest absolute Gasteiger partial charge is 0.225 e. The second-order valence-electron chi connectivity index (χ2n) is 15.8. The first-order valence-electron chi connectivity index (χ1n) is 21.8. The minimum Gasteiger partial charge on any atom is -0.507 e. The summed E-state index contributed by atoms with van der Waals surface area (Å²) >= 11 is 6.91. The topological polar surface area (TPSA) is 210 Å². The number of carbonyl (C=O) groups is 2. The van der Waals surface area contributed by atoms with Crippen LogP contribution in [0, 0.1) is 19.8 Å². The lowest BCUT2D eigenvalue weighted by atomic mass is 9.92. The number of anilines is 1. The third-order valence-corrected chi connectivity index (χ3v) is 13.2. The van der Waals surface area contributed by atoms with Gasteiger partial charge in [0.1, 0.15) is 22.0 Å². The molecule has 0 aliphatic carbocycles.